The van der Waals surface area contributed by atoms with E-state index < -0.39 is 0 Å². The molecule has 3 atom stereocenters. The van der Waals surface area contributed by atoms with E-state index in [0.717, 1.165) is 41.5 Å². The van der Waals surface area contributed by atoms with Crippen molar-refractivity contribution in [2.45, 2.75) is 50.6 Å². The topological polar surface area (TPSA) is 41.6 Å². The van der Waals surface area contributed by atoms with Crippen LogP contribution >= 0.6 is 11.6 Å². The molecule has 3 unspecified atom stereocenters. The zero-order valence-corrected chi connectivity index (χ0v) is 20.7. The van der Waals surface area contributed by atoms with Crippen molar-refractivity contribution < 1.29 is 9.53 Å². The number of carbonyl (C=O) groups is 1. The Morgan fingerprint density at radius 2 is 1.94 bits per heavy atom. The molecule has 1 amide bonds. The molecule has 1 heterocycles. The van der Waals surface area contributed by atoms with Gasteiger partial charge in [-0.3, -0.25) is 4.79 Å². The predicted molar refractivity (Wildman–Crippen MR) is 136 cm³/mol. The summed E-state index contributed by atoms with van der Waals surface area (Å²) < 4.78 is 5.36. The van der Waals surface area contributed by atoms with Gasteiger partial charge in [0.15, 0.2) is 0 Å². The molecule has 0 aliphatic carbocycles. The molecule has 1 N–H and O–H groups in total. The molecule has 1 aliphatic rings. The van der Waals surface area contributed by atoms with Gasteiger partial charge in [-0.05, 0) is 79.4 Å². The van der Waals surface area contributed by atoms with Crippen LogP contribution in [0.4, 0.5) is 0 Å². The van der Waals surface area contributed by atoms with Crippen molar-refractivity contribution in [1.82, 2.24) is 10.2 Å². The average Bonchev–Trinajstić information content (AvgIpc) is 2.82. The number of ether oxygens (including phenoxy) is 1. The lowest BCUT2D eigenvalue weighted by Gasteiger charge is -2.42. The molecule has 0 saturated carbocycles. The van der Waals surface area contributed by atoms with Gasteiger partial charge in [-0.25, -0.2) is 0 Å². The molecule has 5 heteroatoms. The summed E-state index contributed by atoms with van der Waals surface area (Å²) in [6, 6.07) is 20.7. The molecule has 4 rings (SSSR count). The number of halogens is 1. The molecule has 0 spiro atoms. The number of rotatable bonds is 6. The van der Waals surface area contributed by atoms with Crippen molar-refractivity contribution in [3.8, 4) is 5.75 Å². The van der Waals surface area contributed by atoms with E-state index in [1.165, 1.54) is 5.56 Å². The van der Waals surface area contributed by atoms with Crippen LogP contribution in [-0.2, 0) is 10.2 Å². The number of hydrogen-bond donors (Lipinski definition) is 1. The van der Waals surface area contributed by atoms with Crippen molar-refractivity contribution in [1.29, 1.82) is 0 Å². The van der Waals surface area contributed by atoms with Crippen molar-refractivity contribution in [2.75, 3.05) is 20.7 Å². The third kappa shape index (κ3) is 4.87. The normalized spacial score (nSPS) is 21.5. The van der Waals surface area contributed by atoms with Crippen molar-refractivity contribution in [3.63, 3.8) is 0 Å². The van der Waals surface area contributed by atoms with Gasteiger partial charge in [-0.15, -0.1) is 0 Å². The predicted octanol–water partition coefficient (Wildman–Crippen LogP) is 6.12. The fraction of sp³-hybridized carbons (Fsp3) is 0.393. The highest BCUT2D eigenvalue weighted by Crippen LogP contribution is 2.41. The summed E-state index contributed by atoms with van der Waals surface area (Å²) in [4.78, 5) is 15.6. The summed E-state index contributed by atoms with van der Waals surface area (Å²) in [6.45, 7) is 5.19. The molecule has 1 fully saturated rings. The number of carbonyl (C=O) groups excluding carboxylic acids is 1. The highest BCUT2D eigenvalue weighted by atomic mass is 35.5. The Hall–Kier alpha value is -2.56. The monoisotopic (exact) mass is 464 g/mol. The van der Waals surface area contributed by atoms with E-state index in [-0.39, 0.29) is 17.4 Å². The molecule has 0 bridgehead atoms. The smallest absolute Gasteiger partial charge is 0.223 e. The lowest BCUT2D eigenvalue weighted by atomic mass is 9.68. The van der Waals surface area contributed by atoms with Gasteiger partial charge in [0.2, 0.25) is 5.91 Å². The van der Waals surface area contributed by atoms with Crippen LogP contribution in [-0.4, -0.2) is 37.6 Å². The van der Waals surface area contributed by atoms with Crippen LogP contribution in [0.15, 0.2) is 60.7 Å². The maximum absolute atomic E-state index is 13.7. The third-order valence-corrected chi connectivity index (χ3v) is 7.49. The molecule has 1 aliphatic heterocycles. The molecule has 3 aromatic carbocycles. The molecule has 1 saturated heterocycles. The van der Waals surface area contributed by atoms with Gasteiger partial charge in [-0.1, -0.05) is 48.0 Å². The second-order valence-electron chi connectivity index (χ2n) is 9.39. The lowest BCUT2D eigenvalue weighted by Crippen LogP contribution is -2.47. The van der Waals surface area contributed by atoms with E-state index in [2.05, 4.69) is 43.4 Å². The maximum atomic E-state index is 13.7. The minimum absolute atomic E-state index is 0.0897. The summed E-state index contributed by atoms with van der Waals surface area (Å²) in [5, 5.41) is 6.46. The Bertz CT molecular complexity index is 1130. The molecule has 174 valence electrons. The first kappa shape index (κ1) is 23.6. The number of nitrogens with one attached hydrogen (secondary N) is 1. The summed E-state index contributed by atoms with van der Waals surface area (Å²) in [5.74, 6) is 0.984. The number of benzene rings is 3. The zero-order valence-electron chi connectivity index (χ0n) is 19.9. The van der Waals surface area contributed by atoms with Crippen LogP contribution in [0, 0.1) is 0 Å². The van der Waals surface area contributed by atoms with E-state index in [1.54, 1.807) is 7.11 Å². The van der Waals surface area contributed by atoms with Gasteiger partial charge in [0, 0.05) is 29.9 Å². The molecule has 33 heavy (non-hydrogen) atoms. The minimum Gasteiger partial charge on any atom is -0.497 e. The first-order chi connectivity index (χ1) is 15.8. The average molecular weight is 465 g/mol. The SMILES string of the molecule is COc1ccc(C2(CC(=O)N(C)C(C)c3cc(Cl)cc4ccccc34)CCNC(C)C2)cc1. The molecular weight excluding hydrogens is 432 g/mol. The Labute approximate surface area is 201 Å². The van der Waals surface area contributed by atoms with E-state index in [4.69, 9.17) is 16.3 Å². The van der Waals surface area contributed by atoms with Crippen molar-refractivity contribution in [3.05, 3.63) is 76.8 Å². The molecule has 0 radical (unpaired) electrons. The number of methoxy groups -OCH3 is 1. The third-order valence-electron chi connectivity index (χ3n) is 7.27. The van der Waals surface area contributed by atoms with Crippen molar-refractivity contribution >= 4 is 28.3 Å². The Morgan fingerprint density at radius 1 is 1.21 bits per heavy atom. The van der Waals surface area contributed by atoms with Crippen LogP contribution in [0.1, 0.15) is 50.3 Å². The largest absolute Gasteiger partial charge is 0.497 e. The number of nitrogens with zero attached hydrogens (tertiary/aromatic N) is 1. The van der Waals surface area contributed by atoms with Crippen LogP contribution in [0.3, 0.4) is 0 Å². The summed E-state index contributed by atoms with van der Waals surface area (Å²) in [6.07, 6.45) is 2.33. The summed E-state index contributed by atoms with van der Waals surface area (Å²) >= 11 is 6.43. The van der Waals surface area contributed by atoms with Crippen LogP contribution < -0.4 is 10.1 Å². The Balaban J connectivity index is 1.63. The van der Waals surface area contributed by atoms with Gasteiger partial charge in [0.1, 0.15) is 5.75 Å². The standard InChI is InChI=1S/C28H33ClN2O2/c1-19-17-28(13-14-30-19,22-9-11-24(33-4)12-10-22)18-27(32)31(3)20(2)26-16-23(29)15-21-7-5-6-8-25(21)26/h5-12,15-16,19-20,30H,13-14,17-18H2,1-4H3. The molecule has 3 aromatic rings. The zero-order chi connectivity index (χ0) is 23.6. The summed E-state index contributed by atoms with van der Waals surface area (Å²) in [5.41, 5.74) is 2.09. The van der Waals surface area contributed by atoms with E-state index >= 15 is 0 Å². The van der Waals surface area contributed by atoms with E-state index in [1.807, 2.05) is 48.3 Å². The van der Waals surface area contributed by atoms with Crippen LogP contribution in [0.2, 0.25) is 5.02 Å². The first-order valence-electron chi connectivity index (χ1n) is 11.6. The lowest BCUT2D eigenvalue weighted by molar-refractivity contribution is -0.133. The highest BCUT2D eigenvalue weighted by Gasteiger charge is 2.39. The Morgan fingerprint density at radius 3 is 2.64 bits per heavy atom. The first-order valence-corrected chi connectivity index (χ1v) is 12.0. The number of piperidine rings is 1. The maximum Gasteiger partial charge on any atom is 0.223 e. The van der Waals surface area contributed by atoms with Crippen LogP contribution in [0.5, 0.6) is 5.75 Å². The van der Waals surface area contributed by atoms with Gasteiger partial charge in [0.05, 0.1) is 13.2 Å². The number of hydrogen-bond acceptors (Lipinski definition) is 3. The molecule has 0 aromatic heterocycles. The van der Waals surface area contributed by atoms with Gasteiger partial charge in [0.25, 0.3) is 0 Å². The fourth-order valence-electron chi connectivity index (χ4n) is 5.27. The van der Waals surface area contributed by atoms with Crippen LogP contribution in [0.25, 0.3) is 10.8 Å². The summed E-state index contributed by atoms with van der Waals surface area (Å²) in [7, 11) is 3.59. The molecule has 4 nitrogen and oxygen atoms in total. The van der Waals surface area contributed by atoms with E-state index in [9.17, 15) is 4.79 Å². The van der Waals surface area contributed by atoms with Gasteiger partial charge < -0.3 is 15.0 Å². The van der Waals surface area contributed by atoms with Gasteiger partial charge >= 0.3 is 0 Å². The molecular formula is C28H33ClN2O2. The second-order valence-corrected chi connectivity index (χ2v) is 9.83. The fourth-order valence-corrected chi connectivity index (χ4v) is 5.51. The quantitative estimate of drug-likeness (QED) is 0.477. The Kier molecular flexibility index (Phi) is 6.96. The second kappa shape index (κ2) is 9.74. The van der Waals surface area contributed by atoms with Crippen molar-refractivity contribution in [2.24, 2.45) is 0 Å². The highest BCUT2D eigenvalue weighted by molar-refractivity contribution is 6.31. The number of amides is 1. The number of fused-ring (bicyclic) bond motifs is 1. The minimum atomic E-state index is -0.196. The van der Waals surface area contributed by atoms with Gasteiger partial charge in [-0.2, -0.15) is 0 Å². The van der Waals surface area contributed by atoms with E-state index in [0.29, 0.717) is 17.5 Å².